The maximum Gasteiger partial charge on any atom is 0.211 e. The first-order chi connectivity index (χ1) is 7.03. The van der Waals surface area contributed by atoms with E-state index in [4.69, 9.17) is 0 Å². The lowest BCUT2D eigenvalue weighted by Crippen LogP contribution is -2.37. The molecule has 0 aliphatic carbocycles. The van der Waals surface area contributed by atoms with Crippen LogP contribution in [-0.4, -0.2) is 57.0 Å². The molecule has 2 N–H and O–H groups in total. The molecule has 0 saturated carbocycles. The van der Waals surface area contributed by atoms with Gasteiger partial charge in [-0.15, -0.1) is 0 Å². The largest absolute Gasteiger partial charge is 0.393 e. The first-order valence-electron chi connectivity index (χ1n) is 5.35. The third-order valence-corrected chi connectivity index (χ3v) is 4.20. The van der Waals surface area contributed by atoms with Gasteiger partial charge < -0.3 is 10.0 Å². The Hall–Kier alpha value is -0.170. The molecule has 1 aliphatic heterocycles. The van der Waals surface area contributed by atoms with E-state index in [1.807, 2.05) is 0 Å². The van der Waals surface area contributed by atoms with Crippen LogP contribution in [0.5, 0.6) is 0 Å². The minimum absolute atomic E-state index is 0.165. The lowest BCUT2D eigenvalue weighted by Gasteiger charge is -2.29. The summed E-state index contributed by atoms with van der Waals surface area (Å²) in [5, 5.41) is 9.29. The molecular formula is C9H20N2O3S. The zero-order valence-corrected chi connectivity index (χ0v) is 9.96. The van der Waals surface area contributed by atoms with Crippen LogP contribution in [0.2, 0.25) is 0 Å². The number of aliphatic hydroxyl groups excluding tert-OH is 1. The van der Waals surface area contributed by atoms with Crippen LogP contribution in [0.15, 0.2) is 0 Å². The molecule has 1 heterocycles. The number of nitrogens with one attached hydrogen (secondary N) is 1. The molecule has 0 radical (unpaired) electrons. The Morgan fingerprint density at radius 2 is 2.00 bits per heavy atom. The van der Waals surface area contributed by atoms with Crippen LogP contribution in [0.1, 0.15) is 19.3 Å². The molecule has 0 aromatic rings. The average Bonchev–Trinajstić information content (AvgIpc) is 2.21. The van der Waals surface area contributed by atoms with Gasteiger partial charge in [0.05, 0.1) is 11.9 Å². The number of nitrogens with zero attached hydrogens (tertiary/aromatic N) is 1. The average molecular weight is 236 g/mol. The van der Waals surface area contributed by atoms with Crippen molar-refractivity contribution >= 4 is 10.0 Å². The summed E-state index contributed by atoms with van der Waals surface area (Å²) in [4.78, 5) is 2.21. The molecule has 15 heavy (non-hydrogen) atoms. The zero-order valence-electron chi connectivity index (χ0n) is 9.15. The highest BCUT2D eigenvalue weighted by Crippen LogP contribution is 2.09. The van der Waals surface area contributed by atoms with Gasteiger partial charge in [-0.1, -0.05) is 0 Å². The normalized spacial score (nSPS) is 20.7. The van der Waals surface area contributed by atoms with Crippen molar-refractivity contribution in [3.8, 4) is 0 Å². The van der Waals surface area contributed by atoms with Crippen molar-refractivity contribution in [2.75, 3.05) is 32.4 Å². The molecule has 0 amide bonds. The van der Waals surface area contributed by atoms with Crippen molar-refractivity contribution in [2.45, 2.75) is 25.4 Å². The van der Waals surface area contributed by atoms with Crippen LogP contribution < -0.4 is 4.72 Å². The van der Waals surface area contributed by atoms with Gasteiger partial charge >= 0.3 is 0 Å². The monoisotopic (exact) mass is 236 g/mol. The zero-order chi connectivity index (χ0) is 11.3. The van der Waals surface area contributed by atoms with E-state index in [0.717, 1.165) is 32.5 Å². The molecule has 1 saturated heterocycles. The fraction of sp³-hybridized carbons (Fsp3) is 1.00. The van der Waals surface area contributed by atoms with Gasteiger partial charge in [0, 0.05) is 13.1 Å². The molecule has 0 atom stereocenters. The highest BCUT2D eigenvalue weighted by molar-refractivity contribution is 7.89. The predicted molar refractivity (Wildman–Crippen MR) is 59.1 cm³/mol. The molecule has 1 fully saturated rings. The molecule has 0 unspecified atom stereocenters. The number of likely N-dealkylation sites (tertiary alicyclic amines) is 1. The van der Waals surface area contributed by atoms with Crippen molar-refractivity contribution < 1.29 is 13.5 Å². The summed E-state index contributed by atoms with van der Waals surface area (Å²) in [6.45, 7) is 2.55. The molecule has 0 aromatic heterocycles. The number of piperidine rings is 1. The summed E-state index contributed by atoms with van der Waals surface area (Å²) in [5.41, 5.74) is 0. The number of aliphatic hydroxyl groups is 1. The van der Waals surface area contributed by atoms with Crippen LogP contribution in [0.3, 0.4) is 0 Å². The molecule has 0 spiro atoms. The quantitative estimate of drug-likeness (QED) is 0.667. The van der Waals surface area contributed by atoms with Crippen LogP contribution >= 0.6 is 0 Å². The van der Waals surface area contributed by atoms with E-state index in [9.17, 15) is 13.5 Å². The maximum atomic E-state index is 11.1. The molecule has 0 aromatic carbocycles. The van der Waals surface area contributed by atoms with E-state index in [0.29, 0.717) is 6.42 Å². The summed E-state index contributed by atoms with van der Waals surface area (Å²) in [7, 11) is -1.62. The summed E-state index contributed by atoms with van der Waals surface area (Å²) in [6.07, 6.45) is 2.10. The molecule has 1 rings (SSSR count). The second kappa shape index (κ2) is 5.79. The predicted octanol–water partition coefficient (Wildman–Crippen LogP) is -0.618. The van der Waals surface area contributed by atoms with Crippen LogP contribution in [0.25, 0.3) is 0 Å². The van der Waals surface area contributed by atoms with E-state index >= 15 is 0 Å². The SMILES string of the molecule is CNS(=O)(=O)CCCN1CCC(O)CC1. The van der Waals surface area contributed by atoms with Gasteiger partial charge in [0.2, 0.25) is 10.0 Å². The fourth-order valence-electron chi connectivity index (χ4n) is 1.72. The van der Waals surface area contributed by atoms with Crippen LogP contribution in [0.4, 0.5) is 0 Å². The van der Waals surface area contributed by atoms with Gasteiger partial charge in [0.1, 0.15) is 0 Å². The Morgan fingerprint density at radius 1 is 1.40 bits per heavy atom. The lowest BCUT2D eigenvalue weighted by molar-refractivity contribution is 0.0828. The van der Waals surface area contributed by atoms with E-state index in [1.165, 1.54) is 7.05 Å². The van der Waals surface area contributed by atoms with E-state index in [1.54, 1.807) is 0 Å². The Morgan fingerprint density at radius 3 is 2.53 bits per heavy atom. The number of hydrogen-bond acceptors (Lipinski definition) is 4. The van der Waals surface area contributed by atoms with Crippen molar-refractivity contribution in [3.05, 3.63) is 0 Å². The van der Waals surface area contributed by atoms with E-state index in [2.05, 4.69) is 9.62 Å². The topological polar surface area (TPSA) is 69.6 Å². The smallest absolute Gasteiger partial charge is 0.211 e. The van der Waals surface area contributed by atoms with Gasteiger partial charge in [-0.2, -0.15) is 0 Å². The van der Waals surface area contributed by atoms with Gasteiger partial charge in [0.25, 0.3) is 0 Å². The summed E-state index contributed by atoms with van der Waals surface area (Å²) in [5.74, 6) is 0.183. The Bertz CT molecular complexity index is 271. The van der Waals surface area contributed by atoms with Gasteiger partial charge in [-0.3, -0.25) is 0 Å². The molecule has 0 bridgehead atoms. The second-order valence-corrected chi connectivity index (χ2v) is 6.00. The number of hydrogen-bond donors (Lipinski definition) is 2. The van der Waals surface area contributed by atoms with E-state index < -0.39 is 10.0 Å². The van der Waals surface area contributed by atoms with Crippen LogP contribution in [-0.2, 0) is 10.0 Å². The van der Waals surface area contributed by atoms with Crippen LogP contribution in [0, 0.1) is 0 Å². The third-order valence-electron chi connectivity index (χ3n) is 2.76. The second-order valence-electron chi connectivity index (χ2n) is 3.95. The van der Waals surface area contributed by atoms with Crippen molar-refractivity contribution in [1.29, 1.82) is 0 Å². The van der Waals surface area contributed by atoms with E-state index in [-0.39, 0.29) is 11.9 Å². The molecule has 1 aliphatic rings. The molecular weight excluding hydrogens is 216 g/mol. The summed E-state index contributed by atoms with van der Waals surface area (Å²) < 4.78 is 24.5. The minimum Gasteiger partial charge on any atom is -0.393 e. The summed E-state index contributed by atoms with van der Waals surface area (Å²) in [6, 6.07) is 0. The number of sulfonamides is 1. The van der Waals surface area contributed by atoms with Crippen molar-refractivity contribution in [1.82, 2.24) is 9.62 Å². The standard InChI is InChI=1S/C9H20N2O3S/c1-10-15(13,14)8-2-5-11-6-3-9(12)4-7-11/h9-10,12H,2-8H2,1H3. The Labute approximate surface area is 91.5 Å². The fourth-order valence-corrected chi connectivity index (χ4v) is 2.44. The van der Waals surface area contributed by atoms with Crippen molar-refractivity contribution in [3.63, 3.8) is 0 Å². The Balaban J connectivity index is 2.16. The molecule has 6 heteroatoms. The van der Waals surface area contributed by atoms with Gasteiger partial charge in [0.15, 0.2) is 0 Å². The minimum atomic E-state index is -3.06. The Kier molecular flexibility index (Phi) is 4.98. The van der Waals surface area contributed by atoms with Crippen molar-refractivity contribution in [2.24, 2.45) is 0 Å². The highest BCUT2D eigenvalue weighted by atomic mass is 32.2. The first kappa shape index (κ1) is 12.9. The first-order valence-corrected chi connectivity index (χ1v) is 7.00. The molecule has 90 valence electrons. The van der Waals surface area contributed by atoms with Gasteiger partial charge in [-0.05, 0) is 32.9 Å². The highest BCUT2D eigenvalue weighted by Gasteiger charge is 2.17. The third kappa shape index (κ3) is 4.92. The lowest BCUT2D eigenvalue weighted by atomic mass is 10.1. The molecule has 5 nitrogen and oxygen atoms in total. The number of rotatable bonds is 5. The maximum absolute atomic E-state index is 11.1. The van der Waals surface area contributed by atoms with Gasteiger partial charge in [-0.25, -0.2) is 13.1 Å². The summed E-state index contributed by atoms with van der Waals surface area (Å²) >= 11 is 0.